The third-order valence-electron chi connectivity index (χ3n) is 4.27. The molecule has 1 unspecified atom stereocenters. The van der Waals surface area contributed by atoms with Gasteiger partial charge in [0.25, 0.3) is 0 Å². The van der Waals surface area contributed by atoms with Crippen LogP contribution in [0.2, 0.25) is 0 Å². The van der Waals surface area contributed by atoms with Gasteiger partial charge in [-0.25, -0.2) is 0 Å². The van der Waals surface area contributed by atoms with Gasteiger partial charge >= 0.3 is 0 Å². The maximum absolute atomic E-state index is 5.95. The summed E-state index contributed by atoms with van der Waals surface area (Å²) in [5.74, 6) is 0. The Labute approximate surface area is 110 Å². The van der Waals surface area contributed by atoms with Crippen LogP contribution in [-0.4, -0.2) is 29.5 Å². The van der Waals surface area contributed by atoms with E-state index in [1.165, 1.54) is 25.0 Å². The normalized spacial score (nSPS) is 20.8. The van der Waals surface area contributed by atoms with Crippen molar-refractivity contribution in [3.8, 4) is 0 Å². The highest BCUT2D eigenvalue weighted by atomic mass is 16.5. The Hall–Kier alpha value is -0.870. The van der Waals surface area contributed by atoms with E-state index in [2.05, 4.69) is 28.1 Å². The summed E-state index contributed by atoms with van der Waals surface area (Å²) in [6.45, 7) is 3.03. The number of hydrogen-bond acceptors (Lipinski definition) is 3. The topological polar surface area (TPSA) is 39.1 Å². The molecule has 0 amide bonds. The average Bonchev–Trinajstić information content (AvgIpc) is 2.89. The molecule has 0 radical (unpaired) electrons. The van der Waals surface area contributed by atoms with E-state index in [0.29, 0.717) is 0 Å². The van der Waals surface area contributed by atoms with Gasteiger partial charge in [0, 0.05) is 19.9 Å². The second kappa shape index (κ2) is 5.85. The molecule has 0 aromatic carbocycles. The molecule has 0 saturated heterocycles. The number of likely N-dealkylation sites (N-methyl/N-ethyl adjacent to an activating group) is 1. The van der Waals surface area contributed by atoms with Gasteiger partial charge in [0.05, 0.1) is 17.3 Å². The number of aryl methyl sites for hydroxylation is 1. The number of nitrogens with zero attached hydrogens (tertiary/aromatic N) is 2. The van der Waals surface area contributed by atoms with Crippen LogP contribution in [0.25, 0.3) is 0 Å². The summed E-state index contributed by atoms with van der Waals surface area (Å²) in [6.07, 6.45) is 7.98. The van der Waals surface area contributed by atoms with Crippen molar-refractivity contribution in [3.05, 3.63) is 18.0 Å². The standard InChI is InChI=1S/C14H25N3O/c1-4-17-12(8-11-16-17)13(15-2)14(18-3)9-6-5-7-10-14/h8,11,13,15H,4-7,9-10H2,1-3H3. The lowest BCUT2D eigenvalue weighted by molar-refractivity contribution is -0.0690. The molecule has 0 aliphatic heterocycles. The molecular formula is C14H25N3O. The number of ether oxygens (including phenoxy) is 1. The highest BCUT2D eigenvalue weighted by Gasteiger charge is 2.41. The molecular weight excluding hydrogens is 226 g/mol. The Balaban J connectivity index is 2.31. The first-order valence-corrected chi connectivity index (χ1v) is 7.01. The van der Waals surface area contributed by atoms with Crippen molar-refractivity contribution < 1.29 is 4.74 Å². The Morgan fingerprint density at radius 3 is 2.72 bits per heavy atom. The van der Waals surface area contributed by atoms with Crippen LogP contribution in [0, 0.1) is 0 Å². The summed E-state index contributed by atoms with van der Waals surface area (Å²) >= 11 is 0. The van der Waals surface area contributed by atoms with E-state index >= 15 is 0 Å². The molecule has 1 atom stereocenters. The minimum Gasteiger partial charge on any atom is -0.376 e. The molecule has 0 bridgehead atoms. The van der Waals surface area contributed by atoms with Gasteiger partial charge in [0.1, 0.15) is 0 Å². The van der Waals surface area contributed by atoms with E-state index in [4.69, 9.17) is 4.74 Å². The molecule has 1 saturated carbocycles. The molecule has 4 nitrogen and oxygen atoms in total. The second-order valence-corrected chi connectivity index (χ2v) is 5.12. The summed E-state index contributed by atoms with van der Waals surface area (Å²) in [7, 11) is 3.87. The van der Waals surface area contributed by atoms with Gasteiger partial charge in [-0.3, -0.25) is 4.68 Å². The Morgan fingerprint density at radius 1 is 1.44 bits per heavy atom. The van der Waals surface area contributed by atoms with Gasteiger partial charge < -0.3 is 10.1 Å². The predicted molar refractivity (Wildman–Crippen MR) is 72.5 cm³/mol. The number of aromatic nitrogens is 2. The molecule has 1 aromatic rings. The van der Waals surface area contributed by atoms with E-state index in [0.717, 1.165) is 19.4 Å². The number of methoxy groups -OCH3 is 1. The largest absolute Gasteiger partial charge is 0.376 e. The first-order chi connectivity index (χ1) is 8.77. The van der Waals surface area contributed by atoms with Crippen LogP contribution in [0.4, 0.5) is 0 Å². The average molecular weight is 251 g/mol. The lowest BCUT2D eigenvalue weighted by atomic mass is 9.78. The second-order valence-electron chi connectivity index (χ2n) is 5.12. The van der Waals surface area contributed by atoms with Crippen LogP contribution in [0.1, 0.15) is 50.8 Å². The molecule has 0 spiro atoms. The molecule has 2 rings (SSSR count). The zero-order valence-electron chi connectivity index (χ0n) is 11.8. The fourth-order valence-corrected chi connectivity index (χ4v) is 3.29. The van der Waals surface area contributed by atoms with Crippen molar-refractivity contribution in [1.29, 1.82) is 0 Å². The van der Waals surface area contributed by atoms with E-state index in [-0.39, 0.29) is 11.6 Å². The first kappa shape index (κ1) is 13.6. The maximum Gasteiger partial charge on any atom is 0.0887 e. The smallest absolute Gasteiger partial charge is 0.0887 e. The minimum atomic E-state index is -0.0695. The van der Waals surface area contributed by atoms with Crippen LogP contribution >= 0.6 is 0 Å². The first-order valence-electron chi connectivity index (χ1n) is 7.01. The monoisotopic (exact) mass is 251 g/mol. The summed E-state index contributed by atoms with van der Waals surface area (Å²) in [5.41, 5.74) is 1.17. The number of hydrogen-bond donors (Lipinski definition) is 1. The van der Waals surface area contributed by atoms with Crippen LogP contribution in [0.3, 0.4) is 0 Å². The molecule has 1 aliphatic rings. The van der Waals surface area contributed by atoms with E-state index in [1.807, 2.05) is 20.4 Å². The van der Waals surface area contributed by atoms with Crippen molar-refractivity contribution in [1.82, 2.24) is 15.1 Å². The lowest BCUT2D eigenvalue weighted by Crippen LogP contribution is -2.46. The number of nitrogens with one attached hydrogen (secondary N) is 1. The molecule has 1 heterocycles. The van der Waals surface area contributed by atoms with Gasteiger partial charge in [-0.2, -0.15) is 5.10 Å². The third-order valence-corrected chi connectivity index (χ3v) is 4.27. The molecule has 1 aliphatic carbocycles. The van der Waals surface area contributed by atoms with Gasteiger partial charge in [0.15, 0.2) is 0 Å². The lowest BCUT2D eigenvalue weighted by Gasteiger charge is -2.42. The zero-order chi connectivity index (χ0) is 13.0. The summed E-state index contributed by atoms with van der Waals surface area (Å²) in [5, 5.41) is 7.84. The summed E-state index contributed by atoms with van der Waals surface area (Å²) in [4.78, 5) is 0. The SMILES string of the molecule is CCn1nccc1C(NC)C1(OC)CCCCC1. The fourth-order valence-electron chi connectivity index (χ4n) is 3.29. The predicted octanol–water partition coefficient (Wildman–Crippen LogP) is 2.51. The van der Waals surface area contributed by atoms with Crippen LogP contribution < -0.4 is 5.32 Å². The molecule has 1 fully saturated rings. The van der Waals surface area contributed by atoms with Gasteiger partial charge in [-0.15, -0.1) is 0 Å². The quantitative estimate of drug-likeness (QED) is 0.874. The van der Waals surface area contributed by atoms with Gasteiger partial charge in [0.2, 0.25) is 0 Å². The Kier molecular flexibility index (Phi) is 4.40. The minimum absolute atomic E-state index is 0.0695. The van der Waals surface area contributed by atoms with Gasteiger partial charge in [-0.1, -0.05) is 19.3 Å². The molecule has 4 heteroatoms. The van der Waals surface area contributed by atoms with Crippen molar-refractivity contribution in [2.45, 2.75) is 57.2 Å². The van der Waals surface area contributed by atoms with Crippen molar-refractivity contribution >= 4 is 0 Å². The Morgan fingerprint density at radius 2 is 2.17 bits per heavy atom. The summed E-state index contributed by atoms with van der Waals surface area (Å²) < 4.78 is 8.02. The Bertz CT molecular complexity index is 369. The van der Waals surface area contributed by atoms with Crippen molar-refractivity contribution in [2.75, 3.05) is 14.2 Å². The highest BCUT2D eigenvalue weighted by molar-refractivity contribution is 5.14. The third kappa shape index (κ3) is 2.31. The van der Waals surface area contributed by atoms with Crippen LogP contribution in [0.15, 0.2) is 12.3 Å². The van der Waals surface area contributed by atoms with E-state index in [1.54, 1.807) is 0 Å². The highest BCUT2D eigenvalue weighted by Crippen LogP contribution is 2.40. The van der Waals surface area contributed by atoms with Crippen LogP contribution in [-0.2, 0) is 11.3 Å². The molecule has 102 valence electrons. The molecule has 18 heavy (non-hydrogen) atoms. The van der Waals surface area contributed by atoms with Crippen molar-refractivity contribution in [2.24, 2.45) is 0 Å². The zero-order valence-corrected chi connectivity index (χ0v) is 11.8. The van der Waals surface area contributed by atoms with E-state index in [9.17, 15) is 0 Å². The maximum atomic E-state index is 5.95. The molecule has 1 aromatic heterocycles. The van der Waals surface area contributed by atoms with Gasteiger partial charge in [-0.05, 0) is 32.9 Å². The molecule has 1 N–H and O–H groups in total. The summed E-state index contributed by atoms with van der Waals surface area (Å²) in [6, 6.07) is 2.34. The van der Waals surface area contributed by atoms with E-state index < -0.39 is 0 Å². The van der Waals surface area contributed by atoms with Crippen LogP contribution in [0.5, 0.6) is 0 Å². The van der Waals surface area contributed by atoms with Crippen molar-refractivity contribution in [3.63, 3.8) is 0 Å². The fraction of sp³-hybridized carbons (Fsp3) is 0.786. The number of rotatable bonds is 5.